The summed E-state index contributed by atoms with van der Waals surface area (Å²) in [5.41, 5.74) is 0.607. The summed E-state index contributed by atoms with van der Waals surface area (Å²) in [7, 11) is -2.27. The van der Waals surface area contributed by atoms with E-state index in [9.17, 15) is 12.8 Å². The molecule has 2 rings (SSSR count). The number of anilines is 1. The molecule has 0 saturated heterocycles. The summed E-state index contributed by atoms with van der Waals surface area (Å²) in [5, 5.41) is 2.78. The Morgan fingerprint density at radius 1 is 1.32 bits per heavy atom. The molecule has 0 fully saturated rings. The van der Waals surface area contributed by atoms with Crippen LogP contribution in [0.5, 0.6) is 0 Å². The minimum Gasteiger partial charge on any atom is -0.446 e. The lowest BCUT2D eigenvalue weighted by atomic mass is 10.4. The number of aromatic nitrogens is 1. The highest BCUT2D eigenvalue weighted by Crippen LogP contribution is 2.15. The van der Waals surface area contributed by atoms with Crippen molar-refractivity contribution < 1.29 is 17.2 Å². The van der Waals surface area contributed by atoms with Crippen molar-refractivity contribution in [2.75, 3.05) is 12.4 Å². The van der Waals surface area contributed by atoms with Crippen LogP contribution in [0.4, 0.5) is 10.1 Å². The fourth-order valence-electron chi connectivity index (χ4n) is 1.37. The second-order valence-corrected chi connectivity index (χ2v) is 5.47. The van der Waals surface area contributed by atoms with Gasteiger partial charge in [0.25, 0.3) is 10.0 Å². The Labute approximate surface area is 109 Å². The van der Waals surface area contributed by atoms with E-state index in [4.69, 9.17) is 4.42 Å². The number of nitrogens with zero attached hydrogens (tertiary/aromatic N) is 1. The Morgan fingerprint density at radius 2 is 2.11 bits per heavy atom. The Bertz CT molecular complexity index is 652. The minimum absolute atomic E-state index is 0.149. The predicted octanol–water partition coefficient (Wildman–Crippen LogP) is 1.33. The van der Waals surface area contributed by atoms with Gasteiger partial charge in [0.1, 0.15) is 5.76 Å². The maximum absolute atomic E-state index is 12.6. The van der Waals surface area contributed by atoms with Crippen LogP contribution < -0.4 is 10.0 Å². The zero-order valence-electron chi connectivity index (χ0n) is 10.1. The molecule has 102 valence electrons. The van der Waals surface area contributed by atoms with E-state index in [0.29, 0.717) is 11.4 Å². The van der Waals surface area contributed by atoms with E-state index in [1.54, 1.807) is 6.07 Å². The van der Waals surface area contributed by atoms with Gasteiger partial charge in [-0.05, 0) is 31.3 Å². The summed E-state index contributed by atoms with van der Waals surface area (Å²) < 4.78 is 42.8. The van der Waals surface area contributed by atoms with Crippen LogP contribution in [0.15, 0.2) is 40.0 Å². The van der Waals surface area contributed by atoms with Crippen molar-refractivity contribution in [2.24, 2.45) is 0 Å². The van der Waals surface area contributed by atoms with Gasteiger partial charge in [0, 0.05) is 0 Å². The van der Waals surface area contributed by atoms with Crippen LogP contribution in [0.25, 0.3) is 0 Å². The number of hydrogen-bond donors (Lipinski definition) is 2. The first kappa shape index (κ1) is 13.5. The van der Waals surface area contributed by atoms with Crippen LogP contribution in [0.3, 0.4) is 0 Å². The fourth-order valence-corrected chi connectivity index (χ4v) is 2.03. The molecular formula is C11H12FN3O3S. The van der Waals surface area contributed by atoms with E-state index in [-0.39, 0.29) is 11.6 Å². The van der Waals surface area contributed by atoms with E-state index < -0.39 is 16.0 Å². The van der Waals surface area contributed by atoms with Crippen molar-refractivity contribution in [1.29, 1.82) is 0 Å². The lowest BCUT2D eigenvalue weighted by molar-refractivity contribution is 0.417. The summed E-state index contributed by atoms with van der Waals surface area (Å²) in [6.07, 6.45) is 1.34. The Morgan fingerprint density at radius 3 is 2.74 bits per heavy atom. The Kier molecular flexibility index (Phi) is 3.82. The maximum atomic E-state index is 12.6. The number of furan rings is 1. The summed E-state index contributed by atoms with van der Waals surface area (Å²) in [4.78, 5) is 3.48. The van der Waals surface area contributed by atoms with Gasteiger partial charge in [-0.3, -0.25) is 0 Å². The number of nitrogens with one attached hydrogen (secondary N) is 2. The number of halogens is 1. The molecule has 0 aliphatic heterocycles. The molecule has 19 heavy (non-hydrogen) atoms. The highest BCUT2D eigenvalue weighted by Gasteiger charge is 2.16. The third kappa shape index (κ3) is 3.30. The average Bonchev–Trinajstić information content (AvgIpc) is 2.88. The van der Waals surface area contributed by atoms with Crippen molar-refractivity contribution in [3.05, 3.63) is 42.2 Å². The highest BCUT2D eigenvalue weighted by atomic mass is 32.2. The SMILES string of the molecule is CNS(=O)(=O)c1ccc(CNc2ccc(F)nc2)o1. The molecule has 0 aromatic carbocycles. The van der Waals surface area contributed by atoms with Crippen LogP contribution in [0, 0.1) is 5.95 Å². The highest BCUT2D eigenvalue weighted by molar-refractivity contribution is 7.89. The third-order valence-electron chi connectivity index (χ3n) is 2.36. The summed E-state index contributed by atoms with van der Waals surface area (Å²) in [6, 6.07) is 5.66. The Balaban J connectivity index is 2.03. The molecule has 2 N–H and O–H groups in total. The predicted molar refractivity (Wildman–Crippen MR) is 66.5 cm³/mol. The average molecular weight is 285 g/mol. The fraction of sp³-hybridized carbons (Fsp3) is 0.182. The zero-order chi connectivity index (χ0) is 13.9. The standard InChI is InChI=1S/C11H12FN3O3S/c1-13-19(16,17)11-5-3-9(18-11)7-14-8-2-4-10(12)15-6-8/h2-6,13-14H,7H2,1H3. The normalized spacial score (nSPS) is 11.5. The van der Waals surface area contributed by atoms with Gasteiger partial charge in [-0.15, -0.1) is 0 Å². The molecule has 0 aliphatic rings. The Hall–Kier alpha value is -1.93. The molecule has 2 aromatic heterocycles. The molecule has 0 aliphatic carbocycles. The topological polar surface area (TPSA) is 84.2 Å². The maximum Gasteiger partial charge on any atom is 0.273 e. The molecule has 0 radical (unpaired) electrons. The summed E-state index contributed by atoms with van der Waals surface area (Å²) in [6.45, 7) is 0.270. The third-order valence-corrected chi connectivity index (χ3v) is 3.65. The molecule has 0 bridgehead atoms. The molecule has 0 saturated carbocycles. The van der Waals surface area contributed by atoms with Crippen molar-refractivity contribution in [2.45, 2.75) is 11.6 Å². The molecule has 0 amide bonds. The van der Waals surface area contributed by atoms with Gasteiger partial charge in [-0.2, -0.15) is 4.39 Å². The van der Waals surface area contributed by atoms with Gasteiger partial charge < -0.3 is 9.73 Å². The first-order valence-electron chi connectivity index (χ1n) is 5.39. The van der Waals surface area contributed by atoms with E-state index in [1.807, 2.05) is 0 Å². The van der Waals surface area contributed by atoms with Gasteiger partial charge in [0.15, 0.2) is 0 Å². The molecular weight excluding hydrogens is 273 g/mol. The van der Waals surface area contributed by atoms with Gasteiger partial charge >= 0.3 is 0 Å². The molecule has 0 atom stereocenters. The van der Waals surface area contributed by atoms with E-state index in [0.717, 1.165) is 0 Å². The number of hydrogen-bond acceptors (Lipinski definition) is 5. The first-order valence-corrected chi connectivity index (χ1v) is 6.87. The van der Waals surface area contributed by atoms with Crippen molar-refractivity contribution >= 4 is 15.7 Å². The number of sulfonamides is 1. The van der Waals surface area contributed by atoms with Gasteiger partial charge in [-0.1, -0.05) is 0 Å². The van der Waals surface area contributed by atoms with Crippen molar-refractivity contribution in [3.63, 3.8) is 0 Å². The van der Waals surface area contributed by atoms with Crippen molar-refractivity contribution in [3.8, 4) is 0 Å². The van der Waals surface area contributed by atoms with Gasteiger partial charge in [-0.25, -0.2) is 18.1 Å². The molecule has 8 heteroatoms. The quantitative estimate of drug-likeness (QED) is 0.810. The molecule has 2 heterocycles. The molecule has 2 aromatic rings. The van der Waals surface area contributed by atoms with Crippen LogP contribution in [-0.4, -0.2) is 20.4 Å². The molecule has 6 nitrogen and oxygen atoms in total. The monoisotopic (exact) mass is 285 g/mol. The van der Waals surface area contributed by atoms with Gasteiger partial charge in [0.2, 0.25) is 11.0 Å². The van der Waals surface area contributed by atoms with Crippen LogP contribution in [0.2, 0.25) is 0 Å². The zero-order valence-corrected chi connectivity index (χ0v) is 10.9. The number of rotatable bonds is 5. The lowest BCUT2D eigenvalue weighted by Gasteiger charge is -2.03. The minimum atomic E-state index is -3.57. The molecule has 0 unspecified atom stereocenters. The van der Waals surface area contributed by atoms with Crippen LogP contribution >= 0.6 is 0 Å². The largest absolute Gasteiger partial charge is 0.446 e. The lowest BCUT2D eigenvalue weighted by Crippen LogP contribution is -2.17. The van der Waals surface area contributed by atoms with E-state index in [1.165, 1.54) is 31.4 Å². The van der Waals surface area contributed by atoms with Crippen LogP contribution in [-0.2, 0) is 16.6 Å². The van der Waals surface area contributed by atoms with E-state index >= 15 is 0 Å². The van der Waals surface area contributed by atoms with Crippen molar-refractivity contribution in [1.82, 2.24) is 9.71 Å². The summed E-state index contributed by atoms with van der Waals surface area (Å²) in [5.74, 6) is -0.121. The summed E-state index contributed by atoms with van der Waals surface area (Å²) >= 11 is 0. The van der Waals surface area contributed by atoms with Gasteiger partial charge in [0.05, 0.1) is 18.4 Å². The first-order chi connectivity index (χ1) is 9.01. The smallest absolute Gasteiger partial charge is 0.273 e. The second-order valence-electron chi connectivity index (χ2n) is 3.65. The van der Waals surface area contributed by atoms with Crippen LogP contribution in [0.1, 0.15) is 5.76 Å². The number of pyridine rings is 1. The molecule has 0 spiro atoms. The second kappa shape index (κ2) is 5.37. The van der Waals surface area contributed by atoms with E-state index in [2.05, 4.69) is 15.0 Å².